The third kappa shape index (κ3) is 3.12. The van der Waals surface area contributed by atoms with E-state index in [2.05, 4.69) is 10.5 Å². The Kier molecular flexibility index (Phi) is 4.53. The molecular weight excluding hydrogens is 324 g/mol. The normalized spacial score (nSPS) is 11.9. The summed E-state index contributed by atoms with van der Waals surface area (Å²) in [6.07, 6.45) is 1.87. The monoisotopic (exact) mass is 340 g/mol. The van der Waals surface area contributed by atoms with Gasteiger partial charge in [0.2, 0.25) is 0 Å². The molecule has 0 aliphatic heterocycles. The lowest BCUT2D eigenvalue weighted by molar-refractivity contribution is 0.744. The molecule has 0 amide bonds. The van der Waals surface area contributed by atoms with Crippen LogP contribution in [0.25, 0.3) is 0 Å². The molecule has 0 aliphatic carbocycles. The highest BCUT2D eigenvalue weighted by molar-refractivity contribution is 6.31. The number of nitrogen functional groups attached to an aromatic ring is 1. The van der Waals surface area contributed by atoms with Crippen molar-refractivity contribution >= 4 is 28.7 Å². The van der Waals surface area contributed by atoms with E-state index in [4.69, 9.17) is 17.3 Å². The lowest BCUT2D eigenvalue weighted by Crippen LogP contribution is -2.04. The molecule has 122 valence electrons. The predicted molar refractivity (Wildman–Crippen MR) is 98.6 cm³/mol. The lowest BCUT2D eigenvalue weighted by atomic mass is 10.0. The second kappa shape index (κ2) is 6.76. The highest BCUT2D eigenvalue weighted by Crippen LogP contribution is 2.34. The van der Waals surface area contributed by atoms with Gasteiger partial charge in [-0.05, 0) is 36.4 Å². The highest BCUT2D eigenvalue weighted by Gasteiger charge is 2.20. The lowest BCUT2D eigenvalue weighted by Gasteiger charge is -2.15. The van der Waals surface area contributed by atoms with Gasteiger partial charge in [-0.25, -0.2) is 0 Å². The SMILES string of the molecule is Cn1cccc1C(N=O)c1ccc(Nc2ccccc2N)cc1Cl. The number of para-hydroxylation sites is 2. The standard InChI is InChI=1S/C18H17ClN4O/c1-23-10-4-7-17(23)18(22-24)13-9-8-12(11-14(13)19)21-16-6-3-2-5-15(16)20/h2-11,18,21H,20H2,1H3. The Morgan fingerprint density at radius 2 is 1.96 bits per heavy atom. The summed E-state index contributed by atoms with van der Waals surface area (Å²) < 4.78 is 1.86. The van der Waals surface area contributed by atoms with Crippen LogP contribution in [0.2, 0.25) is 5.02 Å². The van der Waals surface area contributed by atoms with Crippen LogP contribution in [-0.4, -0.2) is 4.57 Å². The Morgan fingerprint density at radius 3 is 2.58 bits per heavy atom. The number of rotatable bonds is 5. The number of nitrogens with zero attached hydrogens (tertiary/aromatic N) is 2. The first-order valence-corrected chi connectivity index (χ1v) is 7.82. The zero-order valence-corrected chi connectivity index (χ0v) is 13.9. The smallest absolute Gasteiger partial charge is 0.158 e. The molecule has 3 aromatic rings. The van der Waals surface area contributed by atoms with Crippen LogP contribution >= 0.6 is 11.6 Å². The van der Waals surface area contributed by atoms with Crippen molar-refractivity contribution in [3.05, 3.63) is 82.0 Å². The van der Waals surface area contributed by atoms with E-state index in [1.54, 1.807) is 6.07 Å². The fourth-order valence-corrected chi connectivity index (χ4v) is 2.91. The summed E-state index contributed by atoms with van der Waals surface area (Å²) in [5.41, 5.74) is 9.63. The van der Waals surface area contributed by atoms with Crippen molar-refractivity contribution in [2.45, 2.75) is 6.04 Å². The predicted octanol–water partition coefficient (Wildman–Crippen LogP) is 4.86. The maximum atomic E-state index is 11.4. The largest absolute Gasteiger partial charge is 0.397 e. The topological polar surface area (TPSA) is 72.4 Å². The van der Waals surface area contributed by atoms with Gasteiger partial charge < -0.3 is 15.6 Å². The van der Waals surface area contributed by atoms with E-state index in [0.29, 0.717) is 16.3 Å². The average Bonchev–Trinajstić information content (AvgIpc) is 2.98. The molecule has 1 unspecified atom stereocenters. The van der Waals surface area contributed by atoms with E-state index >= 15 is 0 Å². The van der Waals surface area contributed by atoms with Crippen LogP contribution in [0.5, 0.6) is 0 Å². The maximum Gasteiger partial charge on any atom is 0.158 e. The van der Waals surface area contributed by atoms with Gasteiger partial charge in [-0.3, -0.25) is 0 Å². The van der Waals surface area contributed by atoms with Gasteiger partial charge in [0.1, 0.15) is 0 Å². The van der Waals surface area contributed by atoms with Gasteiger partial charge in [-0.15, -0.1) is 4.91 Å². The summed E-state index contributed by atoms with van der Waals surface area (Å²) >= 11 is 6.40. The molecule has 0 saturated heterocycles. The molecular formula is C18H17ClN4O. The van der Waals surface area contributed by atoms with E-state index in [0.717, 1.165) is 17.1 Å². The minimum atomic E-state index is -0.645. The van der Waals surface area contributed by atoms with Crippen LogP contribution in [0, 0.1) is 4.91 Å². The number of anilines is 3. The zero-order valence-electron chi connectivity index (χ0n) is 13.1. The van der Waals surface area contributed by atoms with Crippen molar-refractivity contribution in [3.63, 3.8) is 0 Å². The van der Waals surface area contributed by atoms with Gasteiger partial charge in [0.25, 0.3) is 0 Å². The summed E-state index contributed by atoms with van der Waals surface area (Å²) in [5, 5.41) is 6.95. The number of nitrogens with two attached hydrogens (primary N) is 1. The van der Waals surface area contributed by atoms with E-state index in [1.165, 1.54) is 0 Å². The summed E-state index contributed by atoms with van der Waals surface area (Å²) in [4.78, 5) is 11.4. The van der Waals surface area contributed by atoms with Gasteiger partial charge in [-0.2, -0.15) is 0 Å². The minimum absolute atomic E-state index is 0.473. The minimum Gasteiger partial charge on any atom is -0.397 e. The van der Waals surface area contributed by atoms with E-state index in [9.17, 15) is 4.91 Å². The van der Waals surface area contributed by atoms with Gasteiger partial charge in [0.15, 0.2) is 6.04 Å². The summed E-state index contributed by atoms with van der Waals surface area (Å²) in [5.74, 6) is 0. The first kappa shape index (κ1) is 16.1. The molecule has 24 heavy (non-hydrogen) atoms. The van der Waals surface area contributed by atoms with Gasteiger partial charge in [0.05, 0.1) is 17.1 Å². The number of aryl methyl sites for hydroxylation is 1. The third-order valence-corrected chi connectivity index (χ3v) is 4.23. The fraction of sp³-hybridized carbons (Fsp3) is 0.111. The van der Waals surface area contributed by atoms with Gasteiger partial charge >= 0.3 is 0 Å². The molecule has 3 N–H and O–H groups in total. The molecule has 6 heteroatoms. The second-order valence-electron chi connectivity index (χ2n) is 5.50. The molecule has 1 heterocycles. The fourth-order valence-electron chi connectivity index (χ4n) is 2.62. The Bertz CT molecular complexity index is 875. The van der Waals surface area contributed by atoms with E-state index < -0.39 is 6.04 Å². The first-order valence-electron chi connectivity index (χ1n) is 7.45. The summed E-state index contributed by atoms with van der Waals surface area (Å²) in [6.45, 7) is 0. The van der Waals surface area contributed by atoms with Crippen LogP contribution in [0.4, 0.5) is 17.1 Å². The molecule has 0 aliphatic rings. The van der Waals surface area contributed by atoms with Crippen molar-refractivity contribution in [1.29, 1.82) is 0 Å². The number of nitrogens with one attached hydrogen (secondary N) is 1. The summed E-state index contributed by atoms with van der Waals surface area (Å²) in [7, 11) is 1.87. The number of hydrogen-bond donors (Lipinski definition) is 2. The zero-order chi connectivity index (χ0) is 17.1. The number of hydrogen-bond acceptors (Lipinski definition) is 4. The Labute approximate surface area is 145 Å². The van der Waals surface area contributed by atoms with Crippen molar-refractivity contribution in [2.75, 3.05) is 11.1 Å². The van der Waals surface area contributed by atoms with Crippen LogP contribution in [0.3, 0.4) is 0 Å². The molecule has 1 aromatic heterocycles. The molecule has 5 nitrogen and oxygen atoms in total. The number of aromatic nitrogens is 1. The quantitative estimate of drug-likeness (QED) is 0.514. The Morgan fingerprint density at radius 1 is 1.17 bits per heavy atom. The molecule has 0 radical (unpaired) electrons. The highest BCUT2D eigenvalue weighted by atomic mass is 35.5. The van der Waals surface area contributed by atoms with Crippen molar-refractivity contribution < 1.29 is 0 Å². The second-order valence-corrected chi connectivity index (χ2v) is 5.91. The molecule has 0 fully saturated rings. The third-order valence-electron chi connectivity index (χ3n) is 3.90. The Balaban J connectivity index is 1.91. The molecule has 0 bridgehead atoms. The van der Waals surface area contributed by atoms with Crippen LogP contribution in [0.1, 0.15) is 17.3 Å². The van der Waals surface area contributed by atoms with Crippen LogP contribution in [-0.2, 0) is 7.05 Å². The van der Waals surface area contributed by atoms with Crippen molar-refractivity contribution in [2.24, 2.45) is 12.2 Å². The van der Waals surface area contributed by atoms with E-state index in [1.807, 2.05) is 66.3 Å². The van der Waals surface area contributed by atoms with Gasteiger partial charge in [0, 0.05) is 29.5 Å². The average molecular weight is 341 g/mol. The molecule has 0 spiro atoms. The number of halogens is 1. The number of benzene rings is 2. The summed E-state index contributed by atoms with van der Waals surface area (Å²) in [6, 6.07) is 16.0. The van der Waals surface area contributed by atoms with Crippen molar-refractivity contribution in [1.82, 2.24) is 4.57 Å². The Hall–Kier alpha value is -2.79. The molecule has 3 rings (SSSR count). The number of nitroso groups, excluding NO2 is 1. The van der Waals surface area contributed by atoms with Gasteiger partial charge in [-0.1, -0.05) is 35.0 Å². The molecule has 0 saturated carbocycles. The van der Waals surface area contributed by atoms with E-state index in [-0.39, 0.29) is 0 Å². The van der Waals surface area contributed by atoms with Crippen LogP contribution in [0.15, 0.2) is 66.0 Å². The first-order chi connectivity index (χ1) is 11.6. The van der Waals surface area contributed by atoms with Crippen LogP contribution < -0.4 is 11.1 Å². The molecule has 1 atom stereocenters. The molecule has 2 aromatic carbocycles. The maximum absolute atomic E-state index is 11.4. The van der Waals surface area contributed by atoms with Crippen molar-refractivity contribution in [3.8, 4) is 0 Å².